The molecule has 0 bridgehead atoms. The molecular formula is C10H15O3P. The van der Waals surface area contributed by atoms with Crippen LogP contribution in [0.5, 0.6) is 0 Å². The van der Waals surface area contributed by atoms with Crippen molar-refractivity contribution in [2.45, 2.75) is 33.6 Å². The van der Waals surface area contributed by atoms with Crippen LogP contribution < -0.4 is 0 Å². The first-order chi connectivity index (χ1) is 6.71. The van der Waals surface area contributed by atoms with E-state index in [1.807, 2.05) is 13.8 Å². The number of ether oxygens (including phenoxy) is 1. The molecule has 0 aliphatic heterocycles. The monoisotopic (exact) mass is 214 g/mol. The van der Waals surface area contributed by atoms with Crippen molar-refractivity contribution in [3.05, 3.63) is 11.1 Å². The van der Waals surface area contributed by atoms with E-state index < -0.39 is 0 Å². The maximum absolute atomic E-state index is 11.4. The normalized spacial score (nSPS) is 11.4. The molecular weight excluding hydrogens is 199 g/mol. The predicted octanol–water partition coefficient (Wildman–Crippen LogP) is 2.92. The number of hydrogen-bond acceptors (Lipinski definition) is 3. The first-order valence-corrected chi connectivity index (χ1v) is 5.49. The summed E-state index contributed by atoms with van der Waals surface area (Å²) >= 11 is 0. The Balaban J connectivity index is 5.03. The third-order valence-electron chi connectivity index (χ3n) is 1.77. The molecule has 0 aromatic rings. The molecule has 14 heavy (non-hydrogen) atoms. The van der Waals surface area contributed by atoms with Crippen molar-refractivity contribution >= 4 is 13.9 Å². The van der Waals surface area contributed by atoms with Gasteiger partial charge in [0.25, 0.3) is 0 Å². The number of esters is 1. The van der Waals surface area contributed by atoms with Crippen LogP contribution >= 0.6 is 7.92 Å². The average molecular weight is 214 g/mol. The SMILES string of the molecule is CCOC(=O)/C(CC)=C(/C#P=O)CC. The second-order valence-electron chi connectivity index (χ2n) is 2.59. The van der Waals surface area contributed by atoms with Gasteiger partial charge in [-0.05, 0) is 0 Å². The fourth-order valence-corrected chi connectivity index (χ4v) is 1.52. The molecule has 3 nitrogen and oxygen atoms in total. The van der Waals surface area contributed by atoms with E-state index in [1.54, 1.807) is 6.92 Å². The average Bonchev–Trinajstić information content (AvgIpc) is 2.18. The van der Waals surface area contributed by atoms with Gasteiger partial charge in [-0.2, -0.15) is 0 Å². The number of carbonyl (C=O) groups is 1. The number of allylic oxidation sites excluding steroid dienone is 1. The van der Waals surface area contributed by atoms with Gasteiger partial charge in [0, 0.05) is 0 Å². The standard InChI is InChI=1S/C10H15O3P/c1-4-8(7-14-12)9(5-2)10(11)13-6-3/h4-6H2,1-3H3/b9-8+. The van der Waals surface area contributed by atoms with Gasteiger partial charge < -0.3 is 0 Å². The van der Waals surface area contributed by atoms with Crippen molar-refractivity contribution in [3.8, 4) is 5.63 Å². The van der Waals surface area contributed by atoms with Crippen molar-refractivity contribution in [3.63, 3.8) is 0 Å². The van der Waals surface area contributed by atoms with Crippen LogP contribution in [0.25, 0.3) is 0 Å². The van der Waals surface area contributed by atoms with Gasteiger partial charge in [-0.3, -0.25) is 0 Å². The summed E-state index contributed by atoms with van der Waals surface area (Å²) in [6.45, 7) is 5.87. The summed E-state index contributed by atoms with van der Waals surface area (Å²) in [5.74, 6) is -0.331. The molecule has 0 aliphatic rings. The Morgan fingerprint density at radius 1 is 1.29 bits per heavy atom. The Morgan fingerprint density at radius 3 is 2.29 bits per heavy atom. The van der Waals surface area contributed by atoms with Crippen molar-refractivity contribution in [1.29, 1.82) is 0 Å². The predicted molar refractivity (Wildman–Crippen MR) is 55.7 cm³/mol. The second kappa shape index (κ2) is 7.61. The van der Waals surface area contributed by atoms with E-state index >= 15 is 0 Å². The van der Waals surface area contributed by atoms with Gasteiger partial charge in [0.05, 0.1) is 0 Å². The van der Waals surface area contributed by atoms with Gasteiger partial charge in [-0.25, -0.2) is 0 Å². The van der Waals surface area contributed by atoms with Gasteiger partial charge in [-0.15, -0.1) is 0 Å². The van der Waals surface area contributed by atoms with Gasteiger partial charge in [0.1, 0.15) is 0 Å². The Kier molecular flexibility index (Phi) is 7.18. The first kappa shape index (κ1) is 13.2. The third kappa shape index (κ3) is 3.95. The van der Waals surface area contributed by atoms with Crippen LogP contribution in [0.15, 0.2) is 11.1 Å². The maximum atomic E-state index is 11.4. The van der Waals surface area contributed by atoms with Crippen molar-refractivity contribution in [1.82, 2.24) is 0 Å². The zero-order valence-corrected chi connectivity index (χ0v) is 9.69. The van der Waals surface area contributed by atoms with Gasteiger partial charge >= 0.3 is 85.0 Å². The molecule has 78 valence electrons. The fourth-order valence-electron chi connectivity index (χ4n) is 1.11. The fraction of sp³-hybridized carbons (Fsp3) is 0.600. The van der Waals surface area contributed by atoms with Crippen LogP contribution in [0.2, 0.25) is 0 Å². The molecule has 0 aliphatic carbocycles. The summed E-state index contributed by atoms with van der Waals surface area (Å²) in [7, 11) is -0.191. The Morgan fingerprint density at radius 2 is 1.93 bits per heavy atom. The Bertz CT molecular complexity index is 324. The molecule has 0 radical (unpaired) electrons. The van der Waals surface area contributed by atoms with E-state index in [9.17, 15) is 9.36 Å². The van der Waals surface area contributed by atoms with Gasteiger partial charge in [-0.1, -0.05) is 0 Å². The molecule has 0 fully saturated rings. The van der Waals surface area contributed by atoms with Crippen LogP contribution in [0.3, 0.4) is 0 Å². The van der Waals surface area contributed by atoms with Crippen molar-refractivity contribution in [2.24, 2.45) is 0 Å². The molecule has 0 aromatic heterocycles. The zero-order valence-electron chi connectivity index (χ0n) is 8.79. The van der Waals surface area contributed by atoms with Crippen molar-refractivity contribution in [2.75, 3.05) is 6.61 Å². The molecule has 0 heterocycles. The summed E-state index contributed by atoms with van der Waals surface area (Å²) < 4.78 is 15.3. The third-order valence-corrected chi connectivity index (χ3v) is 2.14. The van der Waals surface area contributed by atoms with E-state index in [0.717, 1.165) is 0 Å². The molecule has 0 saturated carbocycles. The number of hydrogen-bond donors (Lipinski definition) is 0. The molecule has 0 amide bonds. The summed E-state index contributed by atoms with van der Waals surface area (Å²) in [5, 5.41) is 0. The zero-order chi connectivity index (χ0) is 11.0. The number of carbonyl (C=O) groups excluding carboxylic acids is 1. The molecule has 0 rings (SSSR count). The van der Waals surface area contributed by atoms with E-state index in [2.05, 4.69) is 5.63 Å². The van der Waals surface area contributed by atoms with Crippen LogP contribution in [-0.4, -0.2) is 12.6 Å². The summed E-state index contributed by atoms with van der Waals surface area (Å²) in [6.07, 6.45) is 1.21. The molecule has 0 N–H and O–H groups in total. The minimum atomic E-state index is -0.331. The Hall–Kier alpha value is -0.780. The summed E-state index contributed by atoms with van der Waals surface area (Å²) in [4.78, 5) is 11.4. The van der Waals surface area contributed by atoms with Gasteiger partial charge in [0.2, 0.25) is 0 Å². The van der Waals surface area contributed by atoms with Crippen LogP contribution in [0.4, 0.5) is 0 Å². The molecule has 0 saturated heterocycles. The molecule has 0 atom stereocenters. The van der Waals surface area contributed by atoms with Crippen LogP contribution in [-0.2, 0) is 14.1 Å². The van der Waals surface area contributed by atoms with Crippen molar-refractivity contribution < 1.29 is 14.1 Å². The second-order valence-corrected chi connectivity index (χ2v) is 2.99. The topological polar surface area (TPSA) is 43.4 Å². The van der Waals surface area contributed by atoms with E-state index in [-0.39, 0.29) is 13.9 Å². The first-order valence-electron chi connectivity index (χ1n) is 4.68. The van der Waals surface area contributed by atoms with Crippen LogP contribution in [0, 0.1) is 5.63 Å². The summed E-state index contributed by atoms with van der Waals surface area (Å²) in [6, 6.07) is 0. The molecule has 4 heteroatoms. The Labute approximate surface area is 85.6 Å². The quantitative estimate of drug-likeness (QED) is 0.410. The van der Waals surface area contributed by atoms with E-state index in [4.69, 9.17) is 4.74 Å². The molecule has 0 aromatic carbocycles. The minimum absolute atomic E-state index is 0.191. The van der Waals surface area contributed by atoms with E-state index in [1.165, 1.54) is 0 Å². The van der Waals surface area contributed by atoms with E-state index in [0.29, 0.717) is 30.6 Å². The van der Waals surface area contributed by atoms with Gasteiger partial charge in [0.15, 0.2) is 0 Å². The summed E-state index contributed by atoms with van der Waals surface area (Å²) in [5.41, 5.74) is 3.87. The molecule has 0 spiro atoms. The van der Waals surface area contributed by atoms with Crippen LogP contribution in [0.1, 0.15) is 33.6 Å². The molecule has 0 unspecified atom stereocenters. The number of rotatable bonds is 4.